The second-order valence-electron chi connectivity index (χ2n) is 5.08. The number of carbonyl (C=O) groups excluding carboxylic acids is 1. The summed E-state index contributed by atoms with van der Waals surface area (Å²) in [6.07, 6.45) is 8.83. The molecule has 0 N–H and O–H groups in total. The molecule has 0 aliphatic carbocycles. The molecule has 0 amide bonds. The van der Waals surface area contributed by atoms with E-state index in [0.29, 0.717) is 26.1 Å². The lowest BCUT2D eigenvalue weighted by Gasteiger charge is -2.34. The number of ether oxygens (including phenoxy) is 3. The molecule has 0 radical (unpaired) electrons. The zero-order valence-electron chi connectivity index (χ0n) is 12.4. The summed E-state index contributed by atoms with van der Waals surface area (Å²) in [4.78, 5) is 11.8. The number of carbonyl (C=O) groups is 1. The molecule has 0 saturated carbocycles. The second kappa shape index (κ2) is 9.32. The Hall–Kier alpha value is -0.610. The van der Waals surface area contributed by atoms with Crippen LogP contribution in [-0.4, -0.2) is 25.2 Å². The Morgan fingerprint density at radius 3 is 2.32 bits per heavy atom. The van der Waals surface area contributed by atoms with Crippen LogP contribution in [-0.2, 0) is 19.0 Å². The number of esters is 1. The van der Waals surface area contributed by atoms with Gasteiger partial charge in [0.05, 0.1) is 13.2 Å². The van der Waals surface area contributed by atoms with Gasteiger partial charge in [-0.3, -0.25) is 4.79 Å². The van der Waals surface area contributed by atoms with Gasteiger partial charge >= 0.3 is 11.9 Å². The van der Waals surface area contributed by atoms with Gasteiger partial charge in [0, 0.05) is 12.8 Å². The first-order valence-corrected chi connectivity index (χ1v) is 7.72. The van der Waals surface area contributed by atoms with Crippen LogP contribution in [0.25, 0.3) is 0 Å². The van der Waals surface area contributed by atoms with Crippen LogP contribution >= 0.6 is 0 Å². The lowest BCUT2D eigenvalue weighted by Crippen LogP contribution is -2.44. The zero-order valence-corrected chi connectivity index (χ0v) is 12.4. The zero-order chi connectivity index (χ0) is 14.0. The molecule has 1 aliphatic heterocycles. The van der Waals surface area contributed by atoms with Crippen molar-refractivity contribution < 1.29 is 19.0 Å². The van der Waals surface area contributed by atoms with Gasteiger partial charge in [0.15, 0.2) is 0 Å². The molecule has 0 bridgehead atoms. The average Bonchev–Trinajstić information content (AvgIpc) is 2.43. The van der Waals surface area contributed by atoms with Gasteiger partial charge in [0.2, 0.25) is 0 Å². The van der Waals surface area contributed by atoms with E-state index in [4.69, 9.17) is 14.2 Å². The van der Waals surface area contributed by atoms with Crippen molar-refractivity contribution in [3.05, 3.63) is 0 Å². The molecule has 0 aromatic rings. The minimum Gasteiger partial charge on any atom is -0.408 e. The maximum absolute atomic E-state index is 11.8. The van der Waals surface area contributed by atoms with Crippen LogP contribution in [0.4, 0.5) is 0 Å². The minimum absolute atomic E-state index is 0.209. The first kappa shape index (κ1) is 16.4. The highest BCUT2D eigenvalue weighted by atomic mass is 16.9. The van der Waals surface area contributed by atoms with Crippen molar-refractivity contribution in [3.63, 3.8) is 0 Å². The van der Waals surface area contributed by atoms with Gasteiger partial charge in [-0.15, -0.1) is 0 Å². The molecule has 1 fully saturated rings. The summed E-state index contributed by atoms with van der Waals surface area (Å²) in [5, 5.41) is 0. The number of hydrogen-bond donors (Lipinski definition) is 0. The van der Waals surface area contributed by atoms with E-state index in [1.165, 1.54) is 25.7 Å². The van der Waals surface area contributed by atoms with Crippen molar-refractivity contribution in [1.29, 1.82) is 0 Å². The van der Waals surface area contributed by atoms with Crippen molar-refractivity contribution in [2.75, 3.05) is 13.2 Å². The highest BCUT2D eigenvalue weighted by Gasteiger charge is 2.37. The molecule has 1 heterocycles. The molecule has 1 saturated heterocycles. The normalized spacial score (nSPS) is 18.2. The predicted octanol–water partition coefficient (Wildman–Crippen LogP) is 3.78. The molecule has 112 valence electrons. The molecule has 19 heavy (non-hydrogen) atoms. The first-order chi connectivity index (χ1) is 9.22. The van der Waals surface area contributed by atoms with Gasteiger partial charge < -0.3 is 14.2 Å². The van der Waals surface area contributed by atoms with Crippen LogP contribution in [0.5, 0.6) is 0 Å². The Labute approximate surface area is 116 Å². The van der Waals surface area contributed by atoms with E-state index in [1.54, 1.807) is 0 Å². The molecule has 1 rings (SSSR count). The predicted molar refractivity (Wildman–Crippen MR) is 73.6 cm³/mol. The van der Waals surface area contributed by atoms with Crippen LogP contribution in [0.3, 0.4) is 0 Å². The van der Waals surface area contributed by atoms with E-state index in [1.807, 2.05) is 6.92 Å². The maximum Gasteiger partial charge on any atom is 0.328 e. The van der Waals surface area contributed by atoms with Gasteiger partial charge in [0.25, 0.3) is 0 Å². The fraction of sp³-hybridized carbons (Fsp3) is 0.933. The number of rotatable bonds is 9. The summed E-state index contributed by atoms with van der Waals surface area (Å²) in [5.74, 6) is -1.32. The van der Waals surface area contributed by atoms with Gasteiger partial charge in [-0.2, -0.15) is 0 Å². The lowest BCUT2D eigenvalue weighted by molar-refractivity contribution is -0.382. The molecule has 0 aromatic heterocycles. The molecule has 1 aliphatic rings. The van der Waals surface area contributed by atoms with E-state index < -0.39 is 5.97 Å². The third kappa shape index (κ3) is 6.39. The SMILES string of the molecule is CCCCCCCCC(=O)OC1(CC)OCCCO1. The summed E-state index contributed by atoms with van der Waals surface area (Å²) in [7, 11) is 0. The van der Waals surface area contributed by atoms with Crippen molar-refractivity contribution in [3.8, 4) is 0 Å². The van der Waals surface area contributed by atoms with E-state index in [9.17, 15) is 4.79 Å². The van der Waals surface area contributed by atoms with Crippen molar-refractivity contribution >= 4 is 5.97 Å². The van der Waals surface area contributed by atoms with E-state index in [-0.39, 0.29) is 5.97 Å². The third-order valence-electron chi connectivity index (χ3n) is 3.37. The van der Waals surface area contributed by atoms with E-state index >= 15 is 0 Å². The largest absolute Gasteiger partial charge is 0.408 e. The molecule has 4 nitrogen and oxygen atoms in total. The Morgan fingerprint density at radius 2 is 1.68 bits per heavy atom. The van der Waals surface area contributed by atoms with Crippen molar-refractivity contribution in [1.82, 2.24) is 0 Å². The topological polar surface area (TPSA) is 44.8 Å². The fourth-order valence-corrected chi connectivity index (χ4v) is 2.17. The highest BCUT2D eigenvalue weighted by molar-refractivity contribution is 5.69. The van der Waals surface area contributed by atoms with Gasteiger partial charge in [-0.1, -0.05) is 46.0 Å². The smallest absolute Gasteiger partial charge is 0.328 e. The minimum atomic E-state index is -1.11. The second-order valence-corrected chi connectivity index (χ2v) is 5.08. The Balaban J connectivity index is 2.15. The van der Waals surface area contributed by atoms with E-state index in [0.717, 1.165) is 19.3 Å². The average molecular weight is 272 g/mol. The van der Waals surface area contributed by atoms with E-state index in [2.05, 4.69) is 6.92 Å². The van der Waals surface area contributed by atoms with Crippen LogP contribution < -0.4 is 0 Å². The Bertz CT molecular complexity index is 247. The summed E-state index contributed by atoms with van der Waals surface area (Å²) >= 11 is 0. The van der Waals surface area contributed by atoms with Crippen LogP contribution in [0.1, 0.15) is 71.6 Å². The summed E-state index contributed by atoms with van der Waals surface area (Å²) in [6.45, 7) is 5.30. The molecule has 0 spiro atoms. The standard InChI is InChI=1S/C15H28O4/c1-3-5-6-7-8-9-11-14(16)19-15(4-2)17-12-10-13-18-15/h3-13H2,1-2H3. The Kier molecular flexibility index (Phi) is 8.07. The lowest BCUT2D eigenvalue weighted by atomic mass is 10.1. The van der Waals surface area contributed by atoms with Crippen molar-refractivity contribution in [2.45, 2.75) is 77.6 Å². The summed E-state index contributed by atoms with van der Waals surface area (Å²) < 4.78 is 16.3. The third-order valence-corrected chi connectivity index (χ3v) is 3.37. The monoisotopic (exact) mass is 272 g/mol. The quantitative estimate of drug-likeness (QED) is 0.473. The molecule has 4 heteroatoms. The molecule has 0 unspecified atom stereocenters. The maximum atomic E-state index is 11.8. The van der Waals surface area contributed by atoms with Crippen LogP contribution in [0.15, 0.2) is 0 Å². The first-order valence-electron chi connectivity index (χ1n) is 7.72. The van der Waals surface area contributed by atoms with Crippen LogP contribution in [0, 0.1) is 0 Å². The summed E-state index contributed by atoms with van der Waals surface area (Å²) in [6, 6.07) is 0. The molecule has 0 aromatic carbocycles. The van der Waals surface area contributed by atoms with Crippen molar-refractivity contribution in [2.24, 2.45) is 0 Å². The van der Waals surface area contributed by atoms with Gasteiger partial charge in [-0.05, 0) is 12.8 Å². The van der Waals surface area contributed by atoms with Gasteiger partial charge in [0.1, 0.15) is 0 Å². The summed E-state index contributed by atoms with van der Waals surface area (Å²) in [5.41, 5.74) is 0. The fourth-order valence-electron chi connectivity index (χ4n) is 2.17. The molecule has 0 atom stereocenters. The van der Waals surface area contributed by atoms with Crippen LogP contribution in [0.2, 0.25) is 0 Å². The molecular weight excluding hydrogens is 244 g/mol. The highest BCUT2D eigenvalue weighted by Crippen LogP contribution is 2.25. The number of unbranched alkanes of at least 4 members (excludes halogenated alkanes) is 5. The molecular formula is C15H28O4. The number of hydrogen-bond acceptors (Lipinski definition) is 4. The van der Waals surface area contributed by atoms with Gasteiger partial charge in [-0.25, -0.2) is 0 Å². The Morgan fingerprint density at radius 1 is 1.05 bits per heavy atom.